The molecular formula is C12H16FNO3. The van der Waals surface area contributed by atoms with Crippen molar-refractivity contribution in [1.29, 1.82) is 0 Å². The van der Waals surface area contributed by atoms with E-state index >= 15 is 0 Å². The molecule has 4 nitrogen and oxygen atoms in total. The molecule has 0 bridgehead atoms. The molecule has 0 amide bonds. The van der Waals surface area contributed by atoms with Crippen molar-refractivity contribution >= 4 is 11.7 Å². The number of benzene rings is 1. The number of aromatic carboxylic acids is 1. The van der Waals surface area contributed by atoms with Crippen molar-refractivity contribution in [1.82, 2.24) is 0 Å². The van der Waals surface area contributed by atoms with Gasteiger partial charge < -0.3 is 15.2 Å². The van der Waals surface area contributed by atoms with Crippen LogP contribution in [-0.2, 0) is 4.74 Å². The van der Waals surface area contributed by atoms with Gasteiger partial charge in [0.2, 0.25) is 0 Å². The second-order valence-electron chi connectivity index (χ2n) is 3.81. The van der Waals surface area contributed by atoms with Gasteiger partial charge >= 0.3 is 5.97 Å². The summed E-state index contributed by atoms with van der Waals surface area (Å²) in [5.74, 6) is -2.03. The van der Waals surface area contributed by atoms with Crippen molar-refractivity contribution in [2.75, 3.05) is 18.5 Å². The third-order valence-corrected chi connectivity index (χ3v) is 2.10. The molecule has 2 N–H and O–H groups in total. The predicted octanol–water partition coefficient (Wildman–Crippen LogP) is 2.36. The molecular weight excluding hydrogens is 225 g/mol. The number of rotatable bonds is 6. The fourth-order valence-electron chi connectivity index (χ4n) is 1.37. The largest absolute Gasteiger partial charge is 0.478 e. The Morgan fingerprint density at radius 1 is 1.53 bits per heavy atom. The van der Waals surface area contributed by atoms with Crippen LogP contribution in [0.15, 0.2) is 18.2 Å². The van der Waals surface area contributed by atoms with Crippen molar-refractivity contribution < 1.29 is 19.0 Å². The number of hydrogen-bond donors (Lipinski definition) is 2. The van der Waals surface area contributed by atoms with Gasteiger partial charge in [0.25, 0.3) is 0 Å². The highest BCUT2D eigenvalue weighted by Crippen LogP contribution is 2.18. The highest BCUT2D eigenvalue weighted by Gasteiger charge is 2.14. The van der Waals surface area contributed by atoms with E-state index in [1.165, 1.54) is 12.1 Å². The van der Waals surface area contributed by atoms with Crippen LogP contribution in [0.25, 0.3) is 0 Å². The molecule has 5 heteroatoms. The SMILES string of the molecule is CC(C)OCCNc1cccc(F)c1C(=O)O. The number of hydrogen-bond acceptors (Lipinski definition) is 3. The molecule has 0 saturated carbocycles. The van der Waals surface area contributed by atoms with Crippen LogP contribution in [0.5, 0.6) is 0 Å². The summed E-state index contributed by atoms with van der Waals surface area (Å²) < 4.78 is 18.6. The first-order chi connectivity index (χ1) is 8.02. The van der Waals surface area contributed by atoms with Crippen molar-refractivity contribution in [3.8, 4) is 0 Å². The molecule has 0 fully saturated rings. The van der Waals surface area contributed by atoms with E-state index in [1.54, 1.807) is 0 Å². The predicted molar refractivity (Wildman–Crippen MR) is 62.9 cm³/mol. The second-order valence-corrected chi connectivity index (χ2v) is 3.81. The average Bonchev–Trinajstić information content (AvgIpc) is 2.23. The monoisotopic (exact) mass is 241 g/mol. The lowest BCUT2D eigenvalue weighted by Gasteiger charge is -2.11. The van der Waals surface area contributed by atoms with Gasteiger partial charge in [-0.05, 0) is 26.0 Å². The summed E-state index contributed by atoms with van der Waals surface area (Å²) in [4.78, 5) is 10.9. The highest BCUT2D eigenvalue weighted by atomic mass is 19.1. The molecule has 1 aromatic rings. The standard InChI is InChI=1S/C12H16FNO3/c1-8(2)17-7-6-14-10-5-3-4-9(13)11(10)12(15)16/h3-5,8,14H,6-7H2,1-2H3,(H,15,16). The third kappa shape index (κ3) is 4.03. The first-order valence-corrected chi connectivity index (χ1v) is 5.39. The minimum Gasteiger partial charge on any atom is -0.478 e. The zero-order valence-electron chi connectivity index (χ0n) is 9.87. The molecule has 0 heterocycles. The maximum Gasteiger partial charge on any atom is 0.340 e. The van der Waals surface area contributed by atoms with Crippen LogP contribution in [-0.4, -0.2) is 30.3 Å². The molecule has 94 valence electrons. The molecule has 1 aromatic carbocycles. The zero-order chi connectivity index (χ0) is 12.8. The van der Waals surface area contributed by atoms with Gasteiger partial charge in [0.05, 0.1) is 18.4 Å². The number of halogens is 1. The average molecular weight is 241 g/mol. The lowest BCUT2D eigenvalue weighted by molar-refractivity contribution is 0.0692. The van der Waals surface area contributed by atoms with Gasteiger partial charge in [-0.2, -0.15) is 0 Å². The summed E-state index contributed by atoms with van der Waals surface area (Å²) in [6.07, 6.45) is 0.114. The van der Waals surface area contributed by atoms with Crippen LogP contribution in [0.3, 0.4) is 0 Å². The van der Waals surface area contributed by atoms with E-state index in [0.717, 1.165) is 6.07 Å². The van der Waals surface area contributed by atoms with E-state index in [1.807, 2.05) is 13.8 Å². The summed E-state index contributed by atoms with van der Waals surface area (Å²) in [6, 6.07) is 4.12. The Morgan fingerprint density at radius 3 is 2.82 bits per heavy atom. The Kier molecular flexibility index (Phi) is 4.90. The Balaban J connectivity index is 2.64. The Hall–Kier alpha value is -1.62. The van der Waals surface area contributed by atoms with Crippen LogP contribution in [0, 0.1) is 5.82 Å². The fourth-order valence-corrected chi connectivity index (χ4v) is 1.37. The lowest BCUT2D eigenvalue weighted by Crippen LogP contribution is -2.15. The maximum atomic E-state index is 13.3. The summed E-state index contributed by atoms with van der Waals surface area (Å²) in [5, 5.41) is 11.7. The zero-order valence-corrected chi connectivity index (χ0v) is 9.87. The van der Waals surface area contributed by atoms with Crippen LogP contribution in [0.4, 0.5) is 10.1 Å². The van der Waals surface area contributed by atoms with E-state index in [2.05, 4.69) is 5.32 Å². The van der Waals surface area contributed by atoms with Crippen molar-refractivity contribution in [2.24, 2.45) is 0 Å². The molecule has 0 atom stereocenters. The van der Waals surface area contributed by atoms with Gasteiger partial charge in [-0.1, -0.05) is 6.07 Å². The number of carbonyl (C=O) groups is 1. The first kappa shape index (κ1) is 13.4. The minimum atomic E-state index is -1.28. The molecule has 0 unspecified atom stereocenters. The smallest absolute Gasteiger partial charge is 0.340 e. The van der Waals surface area contributed by atoms with Gasteiger partial charge in [-0.25, -0.2) is 9.18 Å². The highest BCUT2D eigenvalue weighted by molar-refractivity contribution is 5.94. The van der Waals surface area contributed by atoms with Crippen molar-refractivity contribution in [2.45, 2.75) is 20.0 Å². The molecule has 0 spiro atoms. The van der Waals surface area contributed by atoms with Gasteiger partial charge in [-0.3, -0.25) is 0 Å². The summed E-state index contributed by atoms with van der Waals surface area (Å²) >= 11 is 0. The molecule has 0 aromatic heterocycles. The van der Waals surface area contributed by atoms with E-state index in [4.69, 9.17) is 9.84 Å². The summed E-state index contributed by atoms with van der Waals surface area (Å²) in [5.41, 5.74) is -0.0677. The molecule has 0 saturated heterocycles. The quantitative estimate of drug-likeness (QED) is 0.751. The van der Waals surface area contributed by atoms with Gasteiger partial charge in [-0.15, -0.1) is 0 Å². The maximum absolute atomic E-state index is 13.3. The summed E-state index contributed by atoms with van der Waals surface area (Å²) in [6.45, 7) is 4.69. The van der Waals surface area contributed by atoms with Crippen molar-refractivity contribution in [3.05, 3.63) is 29.6 Å². The van der Waals surface area contributed by atoms with E-state index in [0.29, 0.717) is 13.2 Å². The lowest BCUT2D eigenvalue weighted by atomic mass is 10.1. The topological polar surface area (TPSA) is 58.6 Å². The molecule has 0 aliphatic rings. The number of carboxylic acid groups (broad SMARTS) is 1. The second kappa shape index (κ2) is 6.20. The minimum absolute atomic E-state index is 0.114. The normalized spacial score (nSPS) is 10.6. The molecule has 17 heavy (non-hydrogen) atoms. The van der Waals surface area contributed by atoms with Gasteiger partial charge in [0.1, 0.15) is 11.4 Å². The number of nitrogens with one attached hydrogen (secondary N) is 1. The Labute approximate surface area is 99.4 Å². The third-order valence-electron chi connectivity index (χ3n) is 2.10. The molecule has 1 rings (SSSR count). The van der Waals surface area contributed by atoms with Crippen LogP contribution in [0.1, 0.15) is 24.2 Å². The van der Waals surface area contributed by atoms with Gasteiger partial charge in [0.15, 0.2) is 0 Å². The molecule has 0 aliphatic heterocycles. The molecule has 0 radical (unpaired) electrons. The first-order valence-electron chi connectivity index (χ1n) is 5.39. The number of anilines is 1. The number of ether oxygens (including phenoxy) is 1. The molecule has 0 aliphatic carbocycles. The Bertz CT molecular complexity index is 393. The van der Waals surface area contributed by atoms with E-state index in [-0.39, 0.29) is 17.4 Å². The Morgan fingerprint density at radius 2 is 2.24 bits per heavy atom. The van der Waals surface area contributed by atoms with Crippen LogP contribution < -0.4 is 5.32 Å². The van der Waals surface area contributed by atoms with E-state index in [9.17, 15) is 9.18 Å². The van der Waals surface area contributed by atoms with E-state index < -0.39 is 11.8 Å². The van der Waals surface area contributed by atoms with Gasteiger partial charge in [0, 0.05) is 6.54 Å². The summed E-state index contributed by atoms with van der Waals surface area (Å²) in [7, 11) is 0. The fraction of sp³-hybridized carbons (Fsp3) is 0.417. The van der Waals surface area contributed by atoms with Crippen molar-refractivity contribution in [3.63, 3.8) is 0 Å². The van der Waals surface area contributed by atoms with Crippen LogP contribution in [0.2, 0.25) is 0 Å². The van der Waals surface area contributed by atoms with Crippen LogP contribution >= 0.6 is 0 Å². The number of carboxylic acids is 1.